The largest absolute Gasteiger partial charge is 0.379 e. The number of hydrogen-bond donors (Lipinski definition) is 0. The zero-order chi connectivity index (χ0) is 21.7. The van der Waals surface area contributed by atoms with Crippen LogP contribution in [0.3, 0.4) is 0 Å². The first kappa shape index (κ1) is 26.8. The van der Waals surface area contributed by atoms with Crippen molar-refractivity contribution in [2.75, 3.05) is 52.9 Å². The molecular weight excluding hydrogens is 380 g/mol. The van der Waals surface area contributed by atoms with Crippen LogP contribution in [0.4, 0.5) is 0 Å². The molecule has 0 aromatic carbocycles. The molecule has 0 radical (unpaired) electrons. The predicted molar refractivity (Wildman–Crippen MR) is 123 cm³/mol. The molecule has 0 atom stereocenters. The third kappa shape index (κ3) is 14.7. The van der Waals surface area contributed by atoms with Gasteiger partial charge in [-0.05, 0) is 38.5 Å². The molecule has 0 unspecified atom stereocenters. The summed E-state index contributed by atoms with van der Waals surface area (Å²) in [7, 11) is 0. The lowest BCUT2D eigenvalue weighted by atomic mass is 9.81. The SMILES string of the molecule is C#CCOCCOCCOCCOCC/C(=N/N=C(\C)CCCCCC)C1CCC1. The summed E-state index contributed by atoms with van der Waals surface area (Å²) in [5, 5.41) is 9.09. The van der Waals surface area contributed by atoms with Gasteiger partial charge in [-0.25, -0.2) is 0 Å². The van der Waals surface area contributed by atoms with E-state index in [0.717, 1.165) is 18.6 Å². The first-order valence-corrected chi connectivity index (χ1v) is 11.6. The van der Waals surface area contributed by atoms with E-state index in [9.17, 15) is 0 Å². The van der Waals surface area contributed by atoms with Crippen molar-refractivity contribution in [3.63, 3.8) is 0 Å². The molecule has 6 nitrogen and oxygen atoms in total. The Morgan fingerprint density at radius 3 is 2.03 bits per heavy atom. The minimum Gasteiger partial charge on any atom is -0.379 e. The molecule has 1 aliphatic carbocycles. The van der Waals surface area contributed by atoms with E-state index in [1.54, 1.807) is 0 Å². The zero-order valence-electron chi connectivity index (χ0n) is 19.2. The standard InChI is InChI=1S/C24H42N2O4/c1-4-6-7-8-10-22(3)25-26-24(23-11-9-12-23)13-15-28-17-19-30-21-20-29-18-16-27-14-5-2/h2,23H,4,6-21H2,1,3H3/b25-22+,26-24-. The quantitative estimate of drug-likeness (QED) is 0.124. The lowest BCUT2D eigenvalue weighted by molar-refractivity contribution is 0.00202. The Labute approximate surface area is 183 Å². The van der Waals surface area contributed by atoms with Gasteiger partial charge in [-0.2, -0.15) is 10.2 Å². The van der Waals surface area contributed by atoms with Crippen LogP contribution in [-0.4, -0.2) is 64.3 Å². The number of ether oxygens (including phenoxy) is 4. The van der Waals surface area contributed by atoms with E-state index >= 15 is 0 Å². The lowest BCUT2D eigenvalue weighted by Gasteiger charge is -2.26. The molecule has 6 heteroatoms. The highest BCUT2D eigenvalue weighted by Crippen LogP contribution is 2.29. The Balaban J connectivity index is 2.08. The van der Waals surface area contributed by atoms with Gasteiger partial charge in [-0.1, -0.05) is 38.5 Å². The van der Waals surface area contributed by atoms with Gasteiger partial charge < -0.3 is 18.9 Å². The third-order valence-corrected chi connectivity index (χ3v) is 5.12. The second kappa shape index (κ2) is 19.7. The van der Waals surface area contributed by atoms with Gasteiger partial charge in [0.1, 0.15) is 6.61 Å². The van der Waals surface area contributed by atoms with Crippen LogP contribution < -0.4 is 0 Å². The molecule has 0 N–H and O–H groups in total. The van der Waals surface area contributed by atoms with Gasteiger partial charge in [-0.15, -0.1) is 6.42 Å². The number of hydrogen-bond acceptors (Lipinski definition) is 6. The average Bonchev–Trinajstić information content (AvgIpc) is 2.71. The summed E-state index contributed by atoms with van der Waals surface area (Å²) in [5.74, 6) is 3.02. The Morgan fingerprint density at radius 1 is 0.833 bits per heavy atom. The van der Waals surface area contributed by atoms with Crippen molar-refractivity contribution in [3.8, 4) is 12.3 Å². The molecule has 0 aliphatic heterocycles. The van der Waals surface area contributed by atoms with Gasteiger partial charge in [-0.3, -0.25) is 0 Å². The van der Waals surface area contributed by atoms with Gasteiger partial charge in [0.2, 0.25) is 0 Å². The first-order valence-electron chi connectivity index (χ1n) is 11.6. The van der Waals surface area contributed by atoms with Crippen molar-refractivity contribution >= 4 is 11.4 Å². The number of terminal acetylenes is 1. The summed E-state index contributed by atoms with van der Waals surface area (Å²) in [6.07, 6.45) is 15.8. The molecule has 172 valence electrons. The van der Waals surface area contributed by atoms with E-state index in [0.29, 0.717) is 58.8 Å². The highest BCUT2D eigenvalue weighted by molar-refractivity contribution is 5.89. The van der Waals surface area contributed by atoms with E-state index in [1.807, 2.05) is 0 Å². The minimum atomic E-state index is 0.329. The summed E-state index contributed by atoms with van der Waals surface area (Å²) < 4.78 is 21.7. The Morgan fingerprint density at radius 2 is 1.47 bits per heavy atom. The minimum absolute atomic E-state index is 0.329. The van der Waals surface area contributed by atoms with Crippen molar-refractivity contribution < 1.29 is 18.9 Å². The first-order chi connectivity index (χ1) is 14.8. The normalized spacial score (nSPS) is 15.2. The van der Waals surface area contributed by atoms with Gasteiger partial charge in [0.05, 0.1) is 46.2 Å². The molecule has 1 fully saturated rings. The molecular formula is C24H42N2O4. The van der Waals surface area contributed by atoms with Crippen LogP contribution in [0.25, 0.3) is 0 Å². The monoisotopic (exact) mass is 422 g/mol. The van der Waals surface area contributed by atoms with Crippen LogP contribution >= 0.6 is 0 Å². The van der Waals surface area contributed by atoms with Gasteiger partial charge in [0.15, 0.2) is 0 Å². The number of rotatable bonds is 20. The van der Waals surface area contributed by atoms with E-state index in [4.69, 9.17) is 25.4 Å². The molecule has 1 aliphatic rings. The lowest BCUT2D eigenvalue weighted by Crippen LogP contribution is -2.23. The second-order valence-corrected chi connectivity index (χ2v) is 7.71. The number of unbranched alkanes of at least 4 members (excludes halogenated alkanes) is 3. The average molecular weight is 423 g/mol. The second-order valence-electron chi connectivity index (χ2n) is 7.71. The van der Waals surface area contributed by atoms with Crippen LogP contribution in [0.15, 0.2) is 10.2 Å². The molecule has 1 rings (SSSR count). The van der Waals surface area contributed by atoms with Crippen LogP contribution in [-0.2, 0) is 18.9 Å². The van der Waals surface area contributed by atoms with Gasteiger partial charge in [0.25, 0.3) is 0 Å². The van der Waals surface area contributed by atoms with Crippen molar-refractivity contribution in [2.45, 2.75) is 71.6 Å². The van der Waals surface area contributed by atoms with Crippen LogP contribution in [0.1, 0.15) is 71.6 Å². The Kier molecular flexibility index (Phi) is 17.6. The molecule has 0 saturated heterocycles. The fourth-order valence-electron chi connectivity index (χ4n) is 3.05. The van der Waals surface area contributed by atoms with Crippen molar-refractivity contribution in [1.82, 2.24) is 0 Å². The van der Waals surface area contributed by atoms with Crippen molar-refractivity contribution in [3.05, 3.63) is 0 Å². The summed E-state index contributed by atoms with van der Waals surface area (Å²) in [6.45, 7) is 8.64. The van der Waals surface area contributed by atoms with Crippen molar-refractivity contribution in [2.24, 2.45) is 16.1 Å². The molecule has 0 heterocycles. The summed E-state index contributed by atoms with van der Waals surface area (Å²) in [4.78, 5) is 0. The molecule has 0 aromatic rings. The topological polar surface area (TPSA) is 61.6 Å². The maximum absolute atomic E-state index is 5.72. The molecule has 0 aromatic heterocycles. The summed E-state index contributed by atoms with van der Waals surface area (Å²) in [6, 6.07) is 0. The Bertz CT molecular complexity index is 510. The fraction of sp³-hybridized carbons (Fsp3) is 0.833. The van der Waals surface area contributed by atoms with Crippen LogP contribution in [0.5, 0.6) is 0 Å². The van der Waals surface area contributed by atoms with Gasteiger partial charge in [0, 0.05) is 17.8 Å². The van der Waals surface area contributed by atoms with Crippen LogP contribution in [0.2, 0.25) is 0 Å². The van der Waals surface area contributed by atoms with Crippen molar-refractivity contribution in [1.29, 1.82) is 0 Å². The van der Waals surface area contributed by atoms with E-state index in [1.165, 1.54) is 50.7 Å². The van der Waals surface area contributed by atoms with Gasteiger partial charge >= 0.3 is 0 Å². The van der Waals surface area contributed by atoms with E-state index in [-0.39, 0.29) is 0 Å². The van der Waals surface area contributed by atoms with Crippen LogP contribution in [0, 0.1) is 18.3 Å². The maximum atomic E-state index is 5.72. The van der Waals surface area contributed by atoms with E-state index < -0.39 is 0 Å². The summed E-state index contributed by atoms with van der Waals surface area (Å²) in [5.41, 5.74) is 2.35. The molecule has 0 amide bonds. The molecule has 0 spiro atoms. The maximum Gasteiger partial charge on any atom is 0.107 e. The zero-order valence-corrected chi connectivity index (χ0v) is 19.2. The third-order valence-electron chi connectivity index (χ3n) is 5.12. The fourth-order valence-corrected chi connectivity index (χ4v) is 3.05. The molecule has 0 bridgehead atoms. The molecule has 30 heavy (non-hydrogen) atoms. The molecule has 1 saturated carbocycles. The van der Waals surface area contributed by atoms with E-state index in [2.05, 4.69) is 30.0 Å². The highest BCUT2D eigenvalue weighted by Gasteiger charge is 2.23. The smallest absolute Gasteiger partial charge is 0.107 e. The summed E-state index contributed by atoms with van der Waals surface area (Å²) >= 11 is 0. The number of nitrogens with zero attached hydrogens (tertiary/aromatic N) is 2. The Hall–Kier alpha value is -1.26. The highest BCUT2D eigenvalue weighted by atomic mass is 16.6. The predicted octanol–water partition coefficient (Wildman–Crippen LogP) is 4.66.